The molecule has 0 saturated heterocycles. The Kier molecular flexibility index (Phi) is 2.34. The number of ketones is 2. The van der Waals surface area contributed by atoms with E-state index in [-0.39, 0.29) is 11.4 Å². The minimum atomic E-state index is -0.775. The highest BCUT2D eigenvalue weighted by molar-refractivity contribution is 6.38. The van der Waals surface area contributed by atoms with Crippen molar-refractivity contribution in [1.82, 2.24) is 4.98 Å². The maximum Gasteiger partial charge on any atom is 0.208 e. The second-order valence-corrected chi connectivity index (χ2v) is 3.86. The molecular formula is C12H11NO3. The van der Waals surface area contributed by atoms with Gasteiger partial charge < -0.3 is 5.11 Å². The number of hydrogen-bond donors (Lipinski definition) is 1. The third-order valence-corrected chi connectivity index (χ3v) is 2.69. The van der Waals surface area contributed by atoms with Crippen molar-refractivity contribution < 1.29 is 14.7 Å². The third kappa shape index (κ3) is 1.43. The highest BCUT2D eigenvalue weighted by Gasteiger charge is 2.38. The van der Waals surface area contributed by atoms with Crippen molar-refractivity contribution in [2.75, 3.05) is 0 Å². The van der Waals surface area contributed by atoms with Crippen molar-refractivity contribution in [3.63, 3.8) is 0 Å². The Bertz CT molecular complexity index is 517. The predicted octanol–water partition coefficient (Wildman–Crippen LogP) is 1.45. The van der Waals surface area contributed by atoms with Crippen LogP contribution in [0.5, 0.6) is 0 Å². The zero-order valence-corrected chi connectivity index (χ0v) is 9.02. The molecule has 0 aromatic carbocycles. The van der Waals surface area contributed by atoms with Crippen molar-refractivity contribution in [2.45, 2.75) is 13.8 Å². The topological polar surface area (TPSA) is 67.3 Å². The van der Waals surface area contributed by atoms with E-state index in [9.17, 15) is 14.7 Å². The smallest absolute Gasteiger partial charge is 0.208 e. The molecule has 1 unspecified atom stereocenters. The second-order valence-electron chi connectivity index (χ2n) is 3.86. The summed E-state index contributed by atoms with van der Waals surface area (Å²) in [5, 5.41) is 9.63. The number of rotatable bonds is 1. The van der Waals surface area contributed by atoms with Crippen LogP contribution in [-0.2, 0) is 9.59 Å². The Morgan fingerprint density at radius 2 is 2.00 bits per heavy atom. The number of nitrogens with zero attached hydrogens (tertiary/aromatic N) is 1. The number of pyridine rings is 1. The molecular weight excluding hydrogens is 206 g/mol. The highest BCUT2D eigenvalue weighted by Crippen LogP contribution is 2.30. The van der Waals surface area contributed by atoms with Crippen LogP contribution in [0.15, 0.2) is 24.1 Å². The molecule has 4 nitrogen and oxygen atoms in total. The maximum atomic E-state index is 11.8. The molecule has 0 radical (unpaired) electrons. The van der Waals surface area contributed by atoms with Crippen LogP contribution in [-0.4, -0.2) is 21.7 Å². The molecule has 0 bridgehead atoms. The zero-order chi connectivity index (χ0) is 11.9. The van der Waals surface area contributed by atoms with Gasteiger partial charge in [-0.2, -0.15) is 0 Å². The van der Waals surface area contributed by atoms with Crippen LogP contribution in [0.3, 0.4) is 0 Å². The first-order chi connectivity index (χ1) is 7.52. The second kappa shape index (κ2) is 3.56. The predicted molar refractivity (Wildman–Crippen MR) is 57.7 cm³/mol. The van der Waals surface area contributed by atoms with Gasteiger partial charge in [-0.05, 0) is 31.5 Å². The number of hydrogen-bond acceptors (Lipinski definition) is 4. The summed E-state index contributed by atoms with van der Waals surface area (Å²) in [6, 6.07) is 3.29. The van der Waals surface area contributed by atoms with Crippen LogP contribution in [0.25, 0.3) is 5.57 Å². The SMILES string of the molecule is Cc1cc(C2=C(O)C(=O)C(C)C2=O)ccn1. The number of carbonyl (C=O) groups excluding carboxylic acids is 2. The van der Waals surface area contributed by atoms with Crippen molar-refractivity contribution in [2.24, 2.45) is 5.92 Å². The Morgan fingerprint density at radius 3 is 2.50 bits per heavy atom. The van der Waals surface area contributed by atoms with E-state index in [1.165, 1.54) is 6.92 Å². The van der Waals surface area contributed by atoms with E-state index in [2.05, 4.69) is 4.98 Å². The fourth-order valence-corrected chi connectivity index (χ4v) is 1.76. The number of aryl methyl sites for hydroxylation is 1. The molecule has 0 saturated carbocycles. The van der Waals surface area contributed by atoms with E-state index in [1.54, 1.807) is 25.3 Å². The molecule has 2 rings (SSSR count). The number of aliphatic hydroxyl groups is 1. The Balaban J connectivity index is 2.57. The fraction of sp³-hybridized carbons (Fsp3) is 0.250. The summed E-state index contributed by atoms with van der Waals surface area (Å²) >= 11 is 0. The monoisotopic (exact) mass is 217 g/mol. The normalized spacial score (nSPS) is 20.8. The summed E-state index contributed by atoms with van der Waals surface area (Å²) in [4.78, 5) is 27.2. The van der Waals surface area contributed by atoms with Crippen LogP contribution < -0.4 is 0 Å². The summed E-state index contributed by atoms with van der Waals surface area (Å²) in [5.41, 5.74) is 1.40. The molecule has 1 aromatic rings. The summed E-state index contributed by atoms with van der Waals surface area (Å²) in [7, 11) is 0. The molecule has 0 aliphatic heterocycles. The van der Waals surface area contributed by atoms with Crippen molar-refractivity contribution in [3.05, 3.63) is 35.3 Å². The first-order valence-electron chi connectivity index (χ1n) is 4.97. The molecule has 1 atom stereocenters. The van der Waals surface area contributed by atoms with Gasteiger partial charge in [0.15, 0.2) is 11.5 Å². The summed E-state index contributed by atoms with van der Waals surface area (Å²) in [6.07, 6.45) is 1.55. The van der Waals surface area contributed by atoms with Gasteiger partial charge in [-0.15, -0.1) is 0 Å². The lowest BCUT2D eigenvalue weighted by Crippen LogP contribution is -2.13. The van der Waals surface area contributed by atoms with Gasteiger partial charge in [0.2, 0.25) is 5.78 Å². The first kappa shape index (κ1) is 10.5. The lowest BCUT2D eigenvalue weighted by Gasteiger charge is -2.02. The van der Waals surface area contributed by atoms with Gasteiger partial charge in [0.1, 0.15) is 0 Å². The standard InChI is InChI=1S/C12H11NO3/c1-6-5-8(3-4-13-6)9-10(14)7(2)11(15)12(9)16/h3-5,7,16H,1-2H3. The van der Waals surface area contributed by atoms with Crippen LogP contribution in [0, 0.1) is 12.8 Å². The van der Waals surface area contributed by atoms with Crippen molar-refractivity contribution in [1.29, 1.82) is 0 Å². The molecule has 16 heavy (non-hydrogen) atoms. The Labute approximate surface area is 92.6 Å². The number of carbonyl (C=O) groups is 2. The van der Waals surface area contributed by atoms with Crippen molar-refractivity contribution in [3.8, 4) is 0 Å². The van der Waals surface area contributed by atoms with Gasteiger partial charge in [-0.1, -0.05) is 0 Å². The van der Waals surface area contributed by atoms with Gasteiger partial charge in [-0.3, -0.25) is 14.6 Å². The highest BCUT2D eigenvalue weighted by atomic mass is 16.3. The molecule has 82 valence electrons. The summed E-state index contributed by atoms with van der Waals surface area (Å²) in [5.74, 6) is -2.03. The van der Waals surface area contributed by atoms with Crippen LogP contribution in [0.4, 0.5) is 0 Å². The third-order valence-electron chi connectivity index (χ3n) is 2.69. The van der Waals surface area contributed by atoms with Gasteiger partial charge in [0.05, 0.1) is 11.5 Å². The molecule has 1 aromatic heterocycles. The van der Waals surface area contributed by atoms with Crippen LogP contribution in [0.2, 0.25) is 0 Å². The van der Waals surface area contributed by atoms with Gasteiger partial charge in [0, 0.05) is 11.9 Å². The van der Waals surface area contributed by atoms with E-state index in [0.717, 1.165) is 5.69 Å². The first-order valence-corrected chi connectivity index (χ1v) is 4.97. The van der Waals surface area contributed by atoms with E-state index < -0.39 is 17.5 Å². The maximum absolute atomic E-state index is 11.8. The minimum absolute atomic E-state index is 0.114. The van der Waals surface area contributed by atoms with Crippen molar-refractivity contribution >= 4 is 17.1 Å². The lowest BCUT2D eigenvalue weighted by atomic mass is 10.0. The molecule has 0 fully saturated rings. The van der Waals surface area contributed by atoms with Gasteiger partial charge in [0.25, 0.3) is 0 Å². The minimum Gasteiger partial charge on any atom is -0.504 e. The number of allylic oxidation sites excluding steroid dienone is 2. The quantitative estimate of drug-likeness (QED) is 0.723. The van der Waals surface area contributed by atoms with E-state index in [1.807, 2.05) is 0 Å². The van der Waals surface area contributed by atoms with Crippen LogP contribution >= 0.6 is 0 Å². The number of aliphatic hydroxyl groups excluding tert-OH is 1. The van der Waals surface area contributed by atoms with E-state index in [0.29, 0.717) is 5.56 Å². The summed E-state index contributed by atoms with van der Waals surface area (Å²) < 4.78 is 0. The molecule has 0 amide bonds. The Hall–Kier alpha value is -1.97. The van der Waals surface area contributed by atoms with E-state index >= 15 is 0 Å². The largest absolute Gasteiger partial charge is 0.504 e. The van der Waals surface area contributed by atoms with Gasteiger partial charge >= 0.3 is 0 Å². The zero-order valence-electron chi connectivity index (χ0n) is 9.02. The summed E-state index contributed by atoms with van der Waals surface area (Å²) in [6.45, 7) is 3.29. The molecule has 4 heteroatoms. The average molecular weight is 217 g/mol. The van der Waals surface area contributed by atoms with E-state index in [4.69, 9.17) is 0 Å². The van der Waals surface area contributed by atoms with Crippen LogP contribution in [0.1, 0.15) is 18.2 Å². The molecule has 1 heterocycles. The molecule has 1 N–H and O–H groups in total. The Morgan fingerprint density at radius 1 is 1.31 bits per heavy atom. The number of aromatic nitrogens is 1. The lowest BCUT2D eigenvalue weighted by molar-refractivity contribution is -0.126. The average Bonchev–Trinajstić information content (AvgIpc) is 2.44. The number of Topliss-reactive ketones (excluding diaryl/α,β-unsaturated/α-hetero) is 2. The van der Waals surface area contributed by atoms with Gasteiger partial charge in [-0.25, -0.2) is 0 Å². The molecule has 1 aliphatic carbocycles. The molecule has 1 aliphatic rings. The fourth-order valence-electron chi connectivity index (χ4n) is 1.76. The molecule has 0 spiro atoms.